The van der Waals surface area contributed by atoms with Gasteiger partial charge in [-0.15, -0.1) is 0 Å². The van der Waals surface area contributed by atoms with E-state index in [0.29, 0.717) is 24.7 Å². The van der Waals surface area contributed by atoms with Gasteiger partial charge in [-0.25, -0.2) is 0 Å². The van der Waals surface area contributed by atoms with E-state index in [4.69, 9.17) is 8.83 Å². The Morgan fingerprint density at radius 2 is 1.92 bits per heavy atom. The van der Waals surface area contributed by atoms with Crippen LogP contribution >= 0.6 is 0 Å². The Labute approximate surface area is 144 Å². The largest absolute Gasteiger partial charge is 0.469 e. The van der Waals surface area contributed by atoms with E-state index >= 15 is 0 Å². The number of anilines is 1. The highest BCUT2D eigenvalue weighted by molar-refractivity contribution is 5.94. The van der Waals surface area contributed by atoms with Gasteiger partial charge in [0.15, 0.2) is 0 Å². The Bertz CT molecular complexity index is 1040. The minimum Gasteiger partial charge on any atom is -0.469 e. The number of nitrogens with one attached hydrogen (secondary N) is 1. The molecule has 0 aliphatic heterocycles. The normalized spacial score (nSPS) is 10.7. The van der Waals surface area contributed by atoms with Crippen LogP contribution in [0.4, 0.5) is 5.88 Å². The van der Waals surface area contributed by atoms with E-state index in [1.165, 1.54) is 0 Å². The van der Waals surface area contributed by atoms with Crippen LogP contribution in [0.2, 0.25) is 0 Å². The first-order valence-corrected chi connectivity index (χ1v) is 8.00. The van der Waals surface area contributed by atoms with Gasteiger partial charge < -0.3 is 14.2 Å². The predicted octanol–water partition coefficient (Wildman–Crippen LogP) is 4.61. The molecule has 5 nitrogen and oxygen atoms in total. The van der Waals surface area contributed by atoms with Gasteiger partial charge in [-0.05, 0) is 29.0 Å². The number of rotatable bonds is 5. The molecule has 0 unspecified atom stereocenters. The first-order chi connectivity index (χ1) is 12.3. The molecule has 0 spiro atoms. The number of hydrogen-bond donors (Lipinski definition) is 1. The number of hydrogen-bond acceptors (Lipinski definition) is 5. The first-order valence-electron chi connectivity index (χ1n) is 8.00. The lowest BCUT2D eigenvalue weighted by atomic mass is 10.0. The standard InChI is InChI=1S/C20H15N3O2/c21-13-18-20(22-11-10-15-7-4-12-24-15)25-19(23-18)17-9-3-6-14-5-1-2-8-16(14)17/h1-9,12,22H,10-11H2. The molecule has 5 heteroatoms. The fourth-order valence-corrected chi connectivity index (χ4v) is 2.80. The lowest BCUT2D eigenvalue weighted by Gasteiger charge is -2.03. The van der Waals surface area contributed by atoms with Crippen LogP contribution in [0.5, 0.6) is 0 Å². The van der Waals surface area contributed by atoms with Crippen molar-refractivity contribution in [1.29, 1.82) is 5.26 Å². The third-order valence-electron chi connectivity index (χ3n) is 3.99. The van der Waals surface area contributed by atoms with Crippen LogP contribution in [-0.4, -0.2) is 11.5 Å². The van der Waals surface area contributed by atoms with Gasteiger partial charge in [0, 0.05) is 18.5 Å². The third-order valence-corrected chi connectivity index (χ3v) is 3.99. The average molecular weight is 329 g/mol. The second kappa shape index (κ2) is 6.54. The molecular weight excluding hydrogens is 314 g/mol. The van der Waals surface area contributed by atoms with Gasteiger partial charge in [0.2, 0.25) is 17.5 Å². The molecule has 0 amide bonds. The zero-order valence-corrected chi connectivity index (χ0v) is 13.4. The first kappa shape index (κ1) is 15.0. The van der Waals surface area contributed by atoms with E-state index in [1.54, 1.807) is 6.26 Å². The highest BCUT2D eigenvalue weighted by Gasteiger charge is 2.16. The molecule has 0 atom stereocenters. The van der Waals surface area contributed by atoms with Crippen molar-refractivity contribution < 1.29 is 8.83 Å². The van der Waals surface area contributed by atoms with Gasteiger partial charge >= 0.3 is 0 Å². The summed E-state index contributed by atoms with van der Waals surface area (Å²) < 4.78 is 11.1. The Balaban J connectivity index is 1.63. The molecule has 122 valence electrons. The summed E-state index contributed by atoms with van der Waals surface area (Å²) in [6.07, 6.45) is 2.34. The molecular formula is C20H15N3O2. The summed E-state index contributed by atoms with van der Waals surface area (Å²) >= 11 is 0. The minimum absolute atomic E-state index is 0.252. The molecule has 0 aliphatic carbocycles. The molecule has 4 rings (SSSR count). The van der Waals surface area contributed by atoms with Crippen LogP contribution in [0.1, 0.15) is 11.5 Å². The minimum atomic E-state index is 0.252. The number of benzene rings is 2. The van der Waals surface area contributed by atoms with Crippen molar-refractivity contribution in [1.82, 2.24) is 4.98 Å². The Morgan fingerprint density at radius 1 is 1.04 bits per heavy atom. The second-order valence-electron chi connectivity index (χ2n) is 5.59. The maximum Gasteiger partial charge on any atom is 0.232 e. The average Bonchev–Trinajstić information content (AvgIpc) is 3.31. The SMILES string of the molecule is N#Cc1nc(-c2cccc3ccccc23)oc1NCCc1ccco1. The summed E-state index contributed by atoms with van der Waals surface area (Å²) in [6, 6.07) is 19.8. The van der Waals surface area contributed by atoms with Crippen molar-refractivity contribution in [3.63, 3.8) is 0 Å². The molecule has 2 aromatic carbocycles. The molecule has 4 aromatic rings. The van der Waals surface area contributed by atoms with Crippen LogP contribution in [0.25, 0.3) is 22.2 Å². The van der Waals surface area contributed by atoms with Crippen molar-refractivity contribution >= 4 is 16.7 Å². The van der Waals surface area contributed by atoms with Gasteiger partial charge in [-0.2, -0.15) is 10.2 Å². The molecule has 0 saturated carbocycles. The molecule has 0 bridgehead atoms. The number of oxazole rings is 1. The smallest absolute Gasteiger partial charge is 0.232 e. The van der Waals surface area contributed by atoms with Crippen LogP contribution in [0, 0.1) is 11.3 Å². The van der Waals surface area contributed by atoms with Crippen LogP contribution in [0.3, 0.4) is 0 Å². The summed E-state index contributed by atoms with van der Waals surface area (Å²) in [4.78, 5) is 4.35. The van der Waals surface area contributed by atoms with E-state index in [1.807, 2.05) is 54.6 Å². The molecule has 2 heterocycles. The monoisotopic (exact) mass is 329 g/mol. The fraction of sp³-hybridized carbons (Fsp3) is 0.100. The molecule has 0 radical (unpaired) electrons. The lowest BCUT2D eigenvalue weighted by Crippen LogP contribution is -2.04. The maximum absolute atomic E-state index is 9.34. The third kappa shape index (κ3) is 2.98. The molecule has 25 heavy (non-hydrogen) atoms. The number of furan rings is 1. The quantitative estimate of drug-likeness (QED) is 0.578. The van der Waals surface area contributed by atoms with Gasteiger partial charge in [-0.3, -0.25) is 0 Å². The summed E-state index contributed by atoms with van der Waals surface area (Å²) in [5.74, 6) is 1.70. The van der Waals surface area contributed by atoms with E-state index < -0.39 is 0 Å². The van der Waals surface area contributed by atoms with Crippen LogP contribution in [0.15, 0.2) is 69.7 Å². The van der Waals surface area contributed by atoms with Crippen molar-refractivity contribution in [3.05, 3.63) is 72.3 Å². The Morgan fingerprint density at radius 3 is 2.76 bits per heavy atom. The lowest BCUT2D eigenvalue weighted by molar-refractivity contribution is 0.511. The topological polar surface area (TPSA) is 75.0 Å². The van der Waals surface area contributed by atoms with Crippen molar-refractivity contribution in [2.75, 3.05) is 11.9 Å². The number of fused-ring (bicyclic) bond motifs is 1. The van der Waals surface area contributed by atoms with E-state index in [9.17, 15) is 5.26 Å². The van der Waals surface area contributed by atoms with Gasteiger partial charge in [0.1, 0.15) is 11.8 Å². The number of nitrogens with zero attached hydrogens (tertiary/aromatic N) is 2. The van der Waals surface area contributed by atoms with Gasteiger partial charge in [0.05, 0.1) is 6.26 Å². The summed E-state index contributed by atoms with van der Waals surface area (Å²) in [5.41, 5.74) is 1.12. The maximum atomic E-state index is 9.34. The summed E-state index contributed by atoms with van der Waals surface area (Å²) in [7, 11) is 0. The van der Waals surface area contributed by atoms with Crippen LogP contribution in [-0.2, 0) is 6.42 Å². The number of aromatic nitrogens is 1. The molecule has 2 aromatic heterocycles. The molecule has 0 fully saturated rings. The van der Waals surface area contributed by atoms with Crippen molar-refractivity contribution in [2.24, 2.45) is 0 Å². The Kier molecular flexibility index (Phi) is 3.93. The van der Waals surface area contributed by atoms with Crippen molar-refractivity contribution in [3.8, 4) is 17.5 Å². The summed E-state index contributed by atoms with van der Waals surface area (Å²) in [6.45, 7) is 0.590. The summed E-state index contributed by atoms with van der Waals surface area (Å²) in [5, 5.41) is 14.6. The molecule has 0 saturated heterocycles. The van der Waals surface area contributed by atoms with Gasteiger partial charge in [-0.1, -0.05) is 36.4 Å². The predicted molar refractivity (Wildman–Crippen MR) is 95.1 cm³/mol. The highest BCUT2D eigenvalue weighted by atomic mass is 16.4. The zero-order chi connectivity index (χ0) is 17.1. The van der Waals surface area contributed by atoms with Crippen LogP contribution < -0.4 is 5.32 Å². The van der Waals surface area contributed by atoms with Gasteiger partial charge in [0.25, 0.3) is 0 Å². The molecule has 0 aliphatic rings. The van der Waals surface area contributed by atoms with E-state index in [0.717, 1.165) is 22.1 Å². The fourth-order valence-electron chi connectivity index (χ4n) is 2.80. The highest BCUT2D eigenvalue weighted by Crippen LogP contribution is 2.31. The zero-order valence-electron chi connectivity index (χ0n) is 13.4. The van der Waals surface area contributed by atoms with E-state index in [-0.39, 0.29) is 5.69 Å². The Hall–Kier alpha value is -3.52. The second-order valence-corrected chi connectivity index (χ2v) is 5.59. The van der Waals surface area contributed by atoms with E-state index in [2.05, 4.69) is 16.4 Å². The number of nitriles is 1. The van der Waals surface area contributed by atoms with Crippen molar-refractivity contribution in [2.45, 2.75) is 6.42 Å². The molecule has 1 N–H and O–H groups in total.